The van der Waals surface area contributed by atoms with E-state index in [1.807, 2.05) is 28.8 Å². The van der Waals surface area contributed by atoms with Crippen LogP contribution in [0, 0.1) is 23.2 Å². The van der Waals surface area contributed by atoms with E-state index in [-0.39, 0.29) is 30.1 Å². The van der Waals surface area contributed by atoms with Crippen molar-refractivity contribution in [2.45, 2.75) is 122 Å². The molecule has 9 heteroatoms. The molecule has 7 unspecified atom stereocenters. The Balaban J connectivity index is 1.18. The number of carboxylic acid groups (broad SMARTS) is 1. The number of oxime groups is 1. The second kappa shape index (κ2) is 13.0. The zero-order valence-electron chi connectivity index (χ0n) is 28.1. The first-order valence-corrected chi connectivity index (χ1v) is 18.2. The maximum absolute atomic E-state index is 14.5. The molecule has 46 heavy (non-hydrogen) atoms. The summed E-state index contributed by atoms with van der Waals surface area (Å²) in [6, 6.07) is 9.64. The lowest BCUT2D eigenvalue weighted by atomic mass is 9.54. The van der Waals surface area contributed by atoms with Crippen molar-refractivity contribution in [3.05, 3.63) is 40.3 Å². The molecule has 3 heterocycles. The van der Waals surface area contributed by atoms with Crippen molar-refractivity contribution in [3.8, 4) is 0 Å². The molecule has 0 spiro atoms. The van der Waals surface area contributed by atoms with Crippen LogP contribution in [0.1, 0.15) is 110 Å². The predicted octanol–water partition coefficient (Wildman–Crippen LogP) is 6.10. The summed E-state index contributed by atoms with van der Waals surface area (Å²) in [5.74, 6) is 1.82. The quantitative estimate of drug-likeness (QED) is 0.172. The predicted molar refractivity (Wildman–Crippen MR) is 180 cm³/mol. The minimum Gasteiger partial charge on any atom is -0.481 e. The van der Waals surface area contributed by atoms with Crippen LogP contribution < -0.4 is 5.56 Å². The van der Waals surface area contributed by atoms with Gasteiger partial charge in [0.1, 0.15) is 12.3 Å². The van der Waals surface area contributed by atoms with Crippen LogP contribution in [0.4, 0.5) is 0 Å². The minimum absolute atomic E-state index is 0.0721. The normalized spacial score (nSPS) is 34.0. The van der Waals surface area contributed by atoms with Gasteiger partial charge in [0.2, 0.25) is 0 Å². The number of likely N-dealkylation sites (N-methyl/N-ethyl adjacent to an activating group) is 1. The molecule has 1 aromatic carbocycles. The number of hydrogen-bond donors (Lipinski definition) is 1. The first-order valence-electron chi connectivity index (χ1n) is 18.2. The maximum atomic E-state index is 14.5. The van der Waals surface area contributed by atoms with Crippen molar-refractivity contribution in [2.75, 3.05) is 26.2 Å². The van der Waals surface area contributed by atoms with E-state index in [9.17, 15) is 14.7 Å². The number of para-hydroxylation sites is 2. The zero-order valence-corrected chi connectivity index (χ0v) is 28.1. The van der Waals surface area contributed by atoms with E-state index in [1.165, 1.54) is 51.4 Å². The number of nitrogens with zero attached hydrogens (tertiary/aromatic N) is 5. The van der Waals surface area contributed by atoms with E-state index >= 15 is 0 Å². The van der Waals surface area contributed by atoms with Gasteiger partial charge in [-0.1, -0.05) is 44.5 Å². The van der Waals surface area contributed by atoms with Crippen LogP contribution in [0.3, 0.4) is 0 Å². The highest BCUT2D eigenvalue weighted by Crippen LogP contribution is 2.67. The number of aromatic nitrogens is 2. The first kappa shape index (κ1) is 31.8. The molecule has 7 rings (SSSR count). The molecule has 4 bridgehead atoms. The Morgan fingerprint density at radius 3 is 2.48 bits per heavy atom. The van der Waals surface area contributed by atoms with E-state index in [4.69, 9.17) is 9.82 Å². The summed E-state index contributed by atoms with van der Waals surface area (Å²) in [6.07, 6.45) is 12.6. The van der Waals surface area contributed by atoms with Crippen LogP contribution in [0.15, 0.2) is 34.2 Å². The van der Waals surface area contributed by atoms with Crippen molar-refractivity contribution in [3.63, 3.8) is 0 Å². The molecule has 2 aliphatic heterocycles. The summed E-state index contributed by atoms with van der Waals surface area (Å²) in [5.41, 5.74) is 2.57. The summed E-state index contributed by atoms with van der Waals surface area (Å²) in [4.78, 5) is 41.8. The van der Waals surface area contributed by atoms with Gasteiger partial charge in [-0.25, -0.2) is 4.98 Å². The SMILES string of the molecule is CCN(CC)CCO/N=C(\CCC(=O)O)c1nc2ccccc2n(C2CC3CCCC(C2)N3C2CC3CC4CC(C2)C4(C)C3)c1=O. The van der Waals surface area contributed by atoms with E-state index in [0.717, 1.165) is 54.7 Å². The van der Waals surface area contributed by atoms with Crippen LogP contribution >= 0.6 is 0 Å². The fraction of sp³-hybridized carbons (Fsp3) is 0.730. The Morgan fingerprint density at radius 2 is 1.74 bits per heavy atom. The molecule has 3 saturated carbocycles. The van der Waals surface area contributed by atoms with E-state index in [2.05, 4.69) is 35.7 Å². The number of piperidine rings is 2. The second-order valence-corrected chi connectivity index (χ2v) is 15.3. The van der Waals surface area contributed by atoms with Crippen molar-refractivity contribution in [2.24, 2.45) is 28.3 Å². The van der Waals surface area contributed by atoms with E-state index in [0.29, 0.717) is 42.4 Å². The van der Waals surface area contributed by atoms with E-state index < -0.39 is 5.97 Å². The molecule has 9 nitrogen and oxygen atoms in total. The molecule has 7 atom stereocenters. The first-order chi connectivity index (χ1) is 22.3. The van der Waals surface area contributed by atoms with Crippen molar-refractivity contribution in [1.82, 2.24) is 19.4 Å². The molecule has 1 aromatic heterocycles. The molecule has 5 aliphatic rings. The highest BCUT2D eigenvalue weighted by atomic mass is 16.6. The molecular weight excluding hydrogens is 578 g/mol. The standard InChI is InChI=1S/C37H53N5O4/c1-4-40(5-2)15-16-46-39-32(13-14-34(43)44)35-36(45)42(33-12-7-6-11-31(33)38-35)30-21-27-9-8-10-28(22-30)41(27)29-18-24-17-25-19-26(20-29)37(25,3)23-24/h6-7,11-12,24-30H,4-5,8-10,13-23H2,1-3H3,(H,43,44)/b39-32+. The fourth-order valence-electron chi connectivity index (χ4n) is 10.6. The lowest BCUT2D eigenvalue weighted by Crippen LogP contribution is -2.58. The Labute approximate surface area is 273 Å². The Bertz CT molecular complexity index is 1500. The summed E-state index contributed by atoms with van der Waals surface area (Å²) >= 11 is 0. The highest BCUT2D eigenvalue weighted by Gasteiger charge is 2.60. The van der Waals surface area contributed by atoms with Gasteiger partial charge in [0, 0.05) is 37.1 Å². The third-order valence-electron chi connectivity index (χ3n) is 12.9. The van der Waals surface area contributed by atoms with Gasteiger partial charge >= 0.3 is 5.97 Å². The molecule has 0 amide bonds. The van der Waals surface area contributed by atoms with Gasteiger partial charge in [-0.05, 0) is 106 Å². The van der Waals surface area contributed by atoms with Gasteiger partial charge in [-0.3, -0.25) is 14.5 Å². The summed E-state index contributed by atoms with van der Waals surface area (Å²) in [6.45, 7) is 9.70. The molecule has 2 aromatic rings. The summed E-state index contributed by atoms with van der Waals surface area (Å²) < 4.78 is 2.00. The van der Waals surface area contributed by atoms with Gasteiger partial charge in [-0.15, -0.1) is 0 Å². The van der Waals surface area contributed by atoms with Crippen LogP contribution in [0.2, 0.25) is 0 Å². The van der Waals surface area contributed by atoms with Gasteiger partial charge < -0.3 is 19.4 Å². The fourth-order valence-corrected chi connectivity index (χ4v) is 10.6. The lowest BCUT2D eigenvalue weighted by Gasteiger charge is -2.56. The van der Waals surface area contributed by atoms with Gasteiger partial charge in [0.25, 0.3) is 5.56 Å². The largest absolute Gasteiger partial charge is 0.481 e. The number of rotatable bonds is 12. The minimum atomic E-state index is -0.935. The van der Waals surface area contributed by atoms with Crippen LogP contribution in [-0.4, -0.2) is 80.5 Å². The number of fused-ring (bicyclic) bond motifs is 4. The van der Waals surface area contributed by atoms with Crippen LogP contribution in [-0.2, 0) is 9.63 Å². The molecule has 2 saturated heterocycles. The number of aliphatic carboxylic acids is 1. The van der Waals surface area contributed by atoms with Gasteiger partial charge in [0.05, 0.1) is 17.5 Å². The number of hydrogen-bond acceptors (Lipinski definition) is 7. The van der Waals surface area contributed by atoms with E-state index in [1.54, 1.807) is 0 Å². The third-order valence-corrected chi connectivity index (χ3v) is 12.9. The third kappa shape index (κ3) is 5.80. The average molecular weight is 632 g/mol. The molecule has 0 radical (unpaired) electrons. The monoisotopic (exact) mass is 631 g/mol. The Hall–Kier alpha value is -2.78. The van der Waals surface area contributed by atoms with Gasteiger partial charge in [-0.2, -0.15) is 0 Å². The topological polar surface area (TPSA) is 100 Å². The average Bonchev–Trinajstić information content (AvgIpc) is 3.21. The second-order valence-electron chi connectivity index (χ2n) is 15.3. The van der Waals surface area contributed by atoms with Crippen LogP contribution in [0.5, 0.6) is 0 Å². The number of carbonyl (C=O) groups is 1. The number of carboxylic acids is 1. The molecule has 1 N–H and O–H groups in total. The highest BCUT2D eigenvalue weighted by molar-refractivity contribution is 6.00. The lowest BCUT2D eigenvalue weighted by molar-refractivity contribution is -0.136. The maximum Gasteiger partial charge on any atom is 0.303 e. The Kier molecular flexibility index (Phi) is 9.00. The van der Waals surface area contributed by atoms with Crippen molar-refractivity contribution >= 4 is 22.7 Å². The molecule has 5 fully saturated rings. The smallest absolute Gasteiger partial charge is 0.303 e. The Morgan fingerprint density at radius 1 is 1.00 bits per heavy atom. The number of benzene rings is 1. The summed E-state index contributed by atoms with van der Waals surface area (Å²) in [7, 11) is 0. The van der Waals surface area contributed by atoms with Crippen molar-refractivity contribution in [1.29, 1.82) is 0 Å². The van der Waals surface area contributed by atoms with Gasteiger partial charge in [0.15, 0.2) is 5.69 Å². The zero-order chi connectivity index (χ0) is 32.0. The molecule has 3 aliphatic carbocycles. The molecular formula is C37H53N5O4. The van der Waals surface area contributed by atoms with Crippen LogP contribution in [0.25, 0.3) is 11.0 Å². The van der Waals surface area contributed by atoms with Crippen molar-refractivity contribution < 1.29 is 14.7 Å². The molecule has 250 valence electrons. The summed E-state index contributed by atoms with van der Waals surface area (Å²) in [5, 5.41) is 13.9.